The summed E-state index contributed by atoms with van der Waals surface area (Å²) < 4.78 is 0. The molecule has 2 bridgehead atoms. The van der Waals surface area contributed by atoms with E-state index in [4.69, 9.17) is 11.6 Å². The highest BCUT2D eigenvalue weighted by Crippen LogP contribution is 2.30. The molecule has 6 nitrogen and oxygen atoms in total. The highest BCUT2D eigenvalue weighted by molar-refractivity contribution is 6.32. The molecule has 1 amide bonds. The number of hydrogen-bond acceptors (Lipinski definition) is 4. The van der Waals surface area contributed by atoms with Gasteiger partial charge in [0.2, 0.25) is 5.91 Å². The number of halogens is 1. The Morgan fingerprint density at radius 1 is 1.36 bits per heavy atom. The fourth-order valence-corrected chi connectivity index (χ4v) is 3.97. The molecule has 7 heteroatoms. The Morgan fingerprint density at radius 2 is 2.04 bits per heavy atom. The molecule has 1 aromatic carbocycles. The normalized spacial score (nSPS) is 23.4. The lowest BCUT2D eigenvalue weighted by molar-refractivity contribution is -0.384. The number of non-ortho nitro benzene ring substituents is 1. The predicted molar refractivity (Wildman–Crippen MR) is 97.5 cm³/mol. The van der Waals surface area contributed by atoms with E-state index >= 15 is 0 Å². The van der Waals surface area contributed by atoms with E-state index in [1.54, 1.807) is 6.07 Å². The molecule has 3 rings (SSSR count). The Labute approximate surface area is 152 Å². The molecular weight excluding hydrogens is 342 g/mol. The van der Waals surface area contributed by atoms with Gasteiger partial charge in [0.15, 0.2) is 0 Å². The van der Waals surface area contributed by atoms with E-state index in [-0.39, 0.29) is 11.6 Å². The summed E-state index contributed by atoms with van der Waals surface area (Å²) in [6.45, 7) is 4.27. The second-order valence-electron chi connectivity index (χ2n) is 6.60. The Hall–Kier alpha value is -1.92. The minimum absolute atomic E-state index is 0.0378. The predicted octanol–water partition coefficient (Wildman–Crippen LogP) is 3.35. The maximum atomic E-state index is 11.9. The van der Waals surface area contributed by atoms with E-state index < -0.39 is 4.92 Å². The number of nitro groups is 1. The van der Waals surface area contributed by atoms with Gasteiger partial charge >= 0.3 is 0 Å². The zero-order valence-corrected chi connectivity index (χ0v) is 15.0. The molecule has 2 unspecified atom stereocenters. The summed E-state index contributed by atoms with van der Waals surface area (Å²) in [4.78, 5) is 26.8. The van der Waals surface area contributed by atoms with Crippen molar-refractivity contribution in [1.29, 1.82) is 0 Å². The van der Waals surface area contributed by atoms with Gasteiger partial charge < -0.3 is 4.90 Å². The molecule has 0 N–H and O–H groups in total. The van der Waals surface area contributed by atoms with E-state index in [9.17, 15) is 14.9 Å². The topological polar surface area (TPSA) is 66.7 Å². The van der Waals surface area contributed by atoms with E-state index in [1.807, 2.05) is 24.0 Å². The molecule has 2 aliphatic heterocycles. The molecule has 0 aromatic heterocycles. The average Bonchev–Trinajstić information content (AvgIpc) is 2.83. The Morgan fingerprint density at radius 3 is 2.64 bits per heavy atom. The molecule has 134 valence electrons. The van der Waals surface area contributed by atoms with Crippen LogP contribution in [-0.2, 0) is 4.79 Å². The Kier molecular flexibility index (Phi) is 5.39. The van der Waals surface area contributed by atoms with Gasteiger partial charge in [-0.25, -0.2) is 0 Å². The van der Waals surface area contributed by atoms with Gasteiger partial charge in [0, 0.05) is 55.3 Å². The number of nitro benzene ring substituents is 1. The van der Waals surface area contributed by atoms with Crippen LogP contribution in [0.15, 0.2) is 24.3 Å². The van der Waals surface area contributed by atoms with Crippen LogP contribution >= 0.6 is 11.6 Å². The fraction of sp³-hybridized carbons (Fsp3) is 0.500. The third-order valence-electron chi connectivity index (χ3n) is 5.09. The number of benzene rings is 1. The molecule has 1 aromatic rings. The van der Waals surface area contributed by atoms with Crippen LogP contribution in [-0.4, -0.2) is 52.3 Å². The van der Waals surface area contributed by atoms with Crippen molar-refractivity contribution in [2.24, 2.45) is 0 Å². The molecule has 2 saturated heterocycles. The number of hydrogen-bond donors (Lipinski definition) is 0. The van der Waals surface area contributed by atoms with Crippen molar-refractivity contribution >= 4 is 29.3 Å². The van der Waals surface area contributed by atoms with Crippen molar-refractivity contribution in [1.82, 2.24) is 9.80 Å². The number of likely N-dealkylation sites (tertiary alicyclic amines) is 1. The van der Waals surface area contributed by atoms with Crippen LogP contribution in [0.4, 0.5) is 5.69 Å². The van der Waals surface area contributed by atoms with Crippen LogP contribution in [0, 0.1) is 10.1 Å². The average molecular weight is 364 g/mol. The summed E-state index contributed by atoms with van der Waals surface area (Å²) in [5, 5.41) is 11.4. The molecule has 0 aliphatic carbocycles. The summed E-state index contributed by atoms with van der Waals surface area (Å²) in [5.74, 6) is 0.232. The molecule has 0 saturated carbocycles. The van der Waals surface area contributed by atoms with E-state index in [2.05, 4.69) is 4.90 Å². The lowest BCUT2D eigenvalue weighted by atomic mass is 10.1. The summed E-state index contributed by atoms with van der Waals surface area (Å²) in [6, 6.07) is 5.26. The highest BCUT2D eigenvalue weighted by atomic mass is 35.5. The summed E-state index contributed by atoms with van der Waals surface area (Å²) in [6.07, 6.45) is 6.64. The van der Waals surface area contributed by atoms with Gasteiger partial charge in [-0.05, 0) is 24.5 Å². The molecular formula is C18H22ClN3O3. The first-order valence-electron chi connectivity index (χ1n) is 8.63. The van der Waals surface area contributed by atoms with Gasteiger partial charge in [0.25, 0.3) is 5.69 Å². The minimum atomic E-state index is -0.419. The Bertz CT molecular complexity index is 693. The smallest absolute Gasteiger partial charge is 0.270 e. The summed E-state index contributed by atoms with van der Waals surface area (Å²) in [5.41, 5.74) is 0.693. The first kappa shape index (κ1) is 17.9. The van der Waals surface area contributed by atoms with Gasteiger partial charge in [-0.1, -0.05) is 30.7 Å². The first-order valence-corrected chi connectivity index (χ1v) is 9.01. The zero-order valence-electron chi connectivity index (χ0n) is 14.2. The molecule has 2 heterocycles. The van der Waals surface area contributed by atoms with Crippen LogP contribution in [0.1, 0.15) is 31.7 Å². The number of rotatable bonds is 5. The van der Waals surface area contributed by atoms with Crippen LogP contribution in [0.25, 0.3) is 6.08 Å². The van der Waals surface area contributed by atoms with Crippen molar-refractivity contribution in [3.8, 4) is 0 Å². The van der Waals surface area contributed by atoms with Crippen LogP contribution in [0.3, 0.4) is 0 Å². The third kappa shape index (κ3) is 3.85. The lowest BCUT2D eigenvalue weighted by Crippen LogP contribution is -2.55. The summed E-state index contributed by atoms with van der Waals surface area (Å²) >= 11 is 6.13. The Balaban J connectivity index is 1.65. The minimum Gasteiger partial charge on any atom is -0.340 e. The second-order valence-corrected chi connectivity index (χ2v) is 7.01. The first-order chi connectivity index (χ1) is 12.0. The maximum absolute atomic E-state index is 11.9. The van der Waals surface area contributed by atoms with Gasteiger partial charge in [0.1, 0.15) is 0 Å². The van der Waals surface area contributed by atoms with Crippen molar-refractivity contribution in [3.63, 3.8) is 0 Å². The van der Waals surface area contributed by atoms with Crippen molar-refractivity contribution in [2.75, 3.05) is 19.6 Å². The van der Waals surface area contributed by atoms with E-state index in [0.29, 0.717) is 29.1 Å². The largest absolute Gasteiger partial charge is 0.340 e. The molecule has 2 atom stereocenters. The number of fused-ring (bicyclic) bond motifs is 2. The van der Waals surface area contributed by atoms with Gasteiger partial charge in [0.05, 0.1) is 4.92 Å². The van der Waals surface area contributed by atoms with Crippen LogP contribution in [0.2, 0.25) is 5.02 Å². The SMILES string of the molecule is CCC(=O)N1CC2CCC(C1)N2C/C=C/c1cc([N+](=O)[O-])ccc1Cl. The maximum Gasteiger partial charge on any atom is 0.270 e. The van der Waals surface area contributed by atoms with Crippen molar-refractivity contribution in [2.45, 2.75) is 38.3 Å². The molecule has 25 heavy (non-hydrogen) atoms. The number of piperazine rings is 1. The van der Waals surface area contributed by atoms with Crippen LogP contribution < -0.4 is 0 Å². The number of nitrogens with zero attached hydrogens (tertiary/aromatic N) is 3. The van der Waals surface area contributed by atoms with Crippen molar-refractivity contribution in [3.05, 3.63) is 45.0 Å². The quantitative estimate of drug-likeness (QED) is 0.594. The van der Waals surface area contributed by atoms with Gasteiger partial charge in [-0.2, -0.15) is 0 Å². The van der Waals surface area contributed by atoms with Crippen LogP contribution in [0.5, 0.6) is 0 Å². The van der Waals surface area contributed by atoms with E-state index in [1.165, 1.54) is 12.1 Å². The number of carbonyl (C=O) groups excluding carboxylic acids is 1. The number of amides is 1. The monoisotopic (exact) mass is 363 g/mol. The van der Waals surface area contributed by atoms with Gasteiger partial charge in [-0.3, -0.25) is 19.8 Å². The molecule has 0 spiro atoms. The highest BCUT2D eigenvalue weighted by Gasteiger charge is 2.40. The fourth-order valence-electron chi connectivity index (χ4n) is 3.79. The van der Waals surface area contributed by atoms with Gasteiger partial charge in [-0.15, -0.1) is 0 Å². The molecule has 2 fully saturated rings. The third-order valence-corrected chi connectivity index (χ3v) is 5.44. The van der Waals surface area contributed by atoms with Crippen molar-refractivity contribution < 1.29 is 9.72 Å². The van der Waals surface area contributed by atoms with E-state index in [0.717, 1.165) is 32.5 Å². The zero-order chi connectivity index (χ0) is 18.0. The number of carbonyl (C=O) groups is 1. The standard InChI is InChI=1S/C18H22ClN3O3/c1-2-18(23)20-11-15-5-6-16(12-20)21(15)9-3-4-13-10-14(22(24)25)7-8-17(13)19/h3-4,7-8,10,15-16H,2,5-6,9,11-12H2,1H3/b4-3+. The molecule has 2 aliphatic rings. The second kappa shape index (κ2) is 7.54. The lowest BCUT2D eigenvalue weighted by Gasteiger charge is -2.40. The molecule has 0 radical (unpaired) electrons. The summed E-state index contributed by atoms with van der Waals surface area (Å²) in [7, 11) is 0.